The number of likely N-dealkylation sites (tertiary alicyclic amines) is 1. The van der Waals surface area contributed by atoms with Gasteiger partial charge in [-0.25, -0.2) is 0 Å². The summed E-state index contributed by atoms with van der Waals surface area (Å²) in [6.07, 6.45) is 0. The molecule has 5 nitrogen and oxygen atoms in total. The van der Waals surface area contributed by atoms with Gasteiger partial charge in [0.15, 0.2) is 0 Å². The second kappa shape index (κ2) is 7.76. The lowest BCUT2D eigenvalue weighted by Crippen LogP contribution is -2.32. The number of Topliss-reactive ketones (excluding diaryl/α,β-unsaturated/α-hetero) is 1. The van der Waals surface area contributed by atoms with Crippen LogP contribution in [0.1, 0.15) is 28.3 Å². The third-order valence-electron chi connectivity index (χ3n) is 4.84. The second-order valence-electron chi connectivity index (χ2n) is 6.71. The van der Waals surface area contributed by atoms with E-state index >= 15 is 0 Å². The topological polar surface area (TPSA) is 66.8 Å². The molecule has 0 bridgehead atoms. The largest absolute Gasteiger partial charge is 0.507 e. The standard InChI is InChI=1S/C22H23NO4/c1-14-9-10-15(2)17(13-14)20(24)18-19(16-7-5-4-6-8-16)23(11-12-27-3)22(26)21(18)25/h4-10,13,19,24H,11-12H2,1-3H3/b20-18+. The Morgan fingerprint density at radius 2 is 1.81 bits per heavy atom. The number of benzene rings is 2. The third-order valence-corrected chi connectivity index (χ3v) is 4.84. The lowest BCUT2D eigenvalue weighted by Gasteiger charge is -2.25. The van der Waals surface area contributed by atoms with Crippen LogP contribution >= 0.6 is 0 Å². The van der Waals surface area contributed by atoms with Crippen molar-refractivity contribution in [2.75, 3.05) is 20.3 Å². The van der Waals surface area contributed by atoms with Crippen LogP contribution in [0.4, 0.5) is 0 Å². The smallest absolute Gasteiger partial charge is 0.295 e. The van der Waals surface area contributed by atoms with E-state index in [-0.39, 0.29) is 17.9 Å². The van der Waals surface area contributed by atoms with Crippen molar-refractivity contribution in [2.24, 2.45) is 0 Å². The van der Waals surface area contributed by atoms with E-state index in [0.717, 1.165) is 16.7 Å². The molecular formula is C22H23NO4. The van der Waals surface area contributed by atoms with Crippen molar-refractivity contribution in [1.82, 2.24) is 4.90 Å². The van der Waals surface area contributed by atoms with Gasteiger partial charge in [0.05, 0.1) is 18.2 Å². The van der Waals surface area contributed by atoms with Crippen LogP contribution in [-0.4, -0.2) is 42.0 Å². The van der Waals surface area contributed by atoms with Crippen molar-refractivity contribution in [3.8, 4) is 0 Å². The molecule has 0 aromatic heterocycles. The molecule has 5 heteroatoms. The van der Waals surface area contributed by atoms with Gasteiger partial charge in [-0.2, -0.15) is 0 Å². The molecule has 1 saturated heterocycles. The Kier molecular flexibility index (Phi) is 5.42. The van der Waals surface area contributed by atoms with Gasteiger partial charge >= 0.3 is 0 Å². The fourth-order valence-electron chi connectivity index (χ4n) is 3.42. The van der Waals surface area contributed by atoms with Crippen LogP contribution in [0.25, 0.3) is 5.76 Å². The van der Waals surface area contributed by atoms with Crippen molar-refractivity contribution in [3.63, 3.8) is 0 Å². The molecule has 2 aromatic rings. The highest BCUT2D eigenvalue weighted by atomic mass is 16.5. The average Bonchev–Trinajstić information content (AvgIpc) is 2.93. The van der Waals surface area contributed by atoms with E-state index in [1.54, 1.807) is 7.11 Å². The van der Waals surface area contributed by atoms with Crippen molar-refractivity contribution in [1.29, 1.82) is 0 Å². The van der Waals surface area contributed by atoms with E-state index in [1.165, 1.54) is 4.90 Å². The summed E-state index contributed by atoms with van der Waals surface area (Å²) in [4.78, 5) is 27.0. The first-order valence-corrected chi connectivity index (χ1v) is 8.85. The molecule has 1 heterocycles. The zero-order chi connectivity index (χ0) is 19.6. The van der Waals surface area contributed by atoms with E-state index in [1.807, 2.05) is 62.4 Å². The maximum absolute atomic E-state index is 12.8. The van der Waals surface area contributed by atoms with Crippen molar-refractivity contribution >= 4 is 17.4 Å². The van der Waals surface area contributed by atoms with Crippen molar-refractivity contribution in [3.05, 3.63) is 76.4 Å². The highest BCUT2D eigenvalue weighted by Crippen LogP contribution is 2.39. The Morgan fingerprint density at radius 1 is 1.11 bits per heavy atom. The summed E-state index contributed by atoms with van der Waals surface area (Å²) in [5.41, 5.74) is 3.27. The molecule has 1 N–H and O–H groups in total. The molecule has 1 aliphatic heterocycles. The number of aliphatic hydroxyl groups is 1. The molecule has 1 amide bonds. The highest BCUT2D eigenvalue weighted by molar-refractivity contribution is 6.46. The number of carbonyl (C=O) groups is 2. The maximum atomic E-state index is 12.8. The predicted molar refractivity (Wildman–Crippen MR) is 103 cm³/mol. The van der Waals surface area contributed by atoms with Gasteiger partial charge in [0, 0.05) is 19.2 Å². The van der Waals surface area contributed by atoms with Gasteiger partial charge in [0.2, 0.25) is 0 Å². The van der Waals surface area contributed by atoms with E-state index in [0.29, 0.717) is 12.2 Å². The molecule has 1 aliphatic rings. The Labute approximate surface area is 158 Å². The Hall–Kier alpha value is -2.92. The summed E-state index contributed by atoms with van der Waals surface area (Å²) in [6.45, 7) is 4.36. The number of methoxy groups -OCH3 is 1. The minimum absolute atomic E-state index is 0.121. The van der Waals surface area contributed by atoms with Gasteiger partial charge in [0.25, 0.3) is 11.7 Å². The molecule has 1 fully saturated rings. The maximum Gasteiger partial charge on any atom is 0.295 e. The van der Waals surface area contributed by atoms with Gasteiger partial charge in [-0.1, -0.05) is 48.0 Å². The lowest BCUT2D eigenvalue weighted by atomic mass is 9.93. The van der Waals surface area contributed by atoms with Crippen LogP contribution in [0.2, 0.25) is 0 Å². The number of nitrogens with zero attached hydrogens (tertiary/aromatic N) is 1. The number of aliphatic hydroxyl groups excluding tert-OH is 1. The van der Waals surface area contributed by atoms with E-state index in [9.17, 15) is 14.7 Å². The van der Waals surface area contributed by atoms with Crippen molar-refractivity contribution in [2.45, 2.75) is 19.9 Å². The normalized spacial score (nSPS) is 18.9. The molecule has 2 aromatic carbocycles. The number of rotatable bonds is 5. The molecule has 0 saturated carbocycles. The second-order valence-corrected chi connectivity index (χ2v) is 6.71. The molecular weight excluding hydrogens is 342 g/mol. The zero-order valence-electron chi connectivity index (χ0n) is 15.7. The number of hydrogen-bond donors (Lipinski definition) is 1. The molecule has 0 spiro atoms. The summed E-state index contributed by atoms with van der Waals surface area (Å²) in [5.74, 6) is -1.42. The van der Waals surface area contributed by atoms with Crippen LogP contribution in [0.15, 0.2) is 54.1 Å². The quantitative estimate of drug-likeness (QED) is 0.501. The number of ketones is 1. The minimum Gasteiger partial charge on any atom is -0.507 e. The predicted octanol–water partition coefficient (Wildman–Crippen LogP) is 3.37. The first-order valence-electron chi connectivity index (χ1n) is 8.85. The highest BCUT2D eigenvalue weighted by Gasteiger charge is 2.45. The van der Waals surface area contributed by atoms with E-state index in [2.05, 4.69) is 0 Å². The lowest BCUT2D eigenvalue weighted by molar-refractivity contribution is -0.140. The molecule has 3 rings (SSSR count). The van der Waals surface area contributed by atoms with Gasteiger partial charge < -0.3 is 14.7 Å². The monoisotopic (exact) mass is 365 g/mol. The molecule has 0 aliphatic carbocycles. The molecule has 0 radical (unpaired) electrons. The minimum atomic E-state index is -0.668. The summed E-state index contributed by atoms with van der Waals surface area (Å²) >= 11 is 0. The summed E-state index contributed by atoms with van der Waals surface area (Å²) < 4.78 is 5.10. The fourth-order valence-corrected chi connectivity index (χ4v) is 3.42. The van der Waals surface area contributed by atoms with Gasteiger partial charge in [-0.15, -0.1) is 0 Å². The van der Waals surface area contributed by atoms with E-state index in [4.69, 9.17) is 4.74 Å². The first-order chi connectivity index (χ1) is 13.0. The summed E-state index contributed by atoms with van der Waals surface area (Å²) in [7, 11) is 1.55. The average molecular weight is 365 g/mol. The molecule has 1 unspecified atom stereocenters. The summed E-state index contributed by atoms with van der Waals surface area (Å²) in [6, 6.07) is 14.3. The summed E-state index contributed by atoms with van der Waals surface area (Å²) in [5, 5.41) is 11.0. The number of aryl methyl sites for hydroxylation is 2. The molecule has 140 valence electrons. The van der Waals surface area contributed by atoms with Crippen LogP contribution in [0, 0.1) is 13.8 Å². The Bertz CT molecular complexity index is 902. The van der Waals surface area contributed by atoms with Gasteiger partial charge in [-0.3, -0.25) is 9.59 Å². The van der Waals surface area contributed by atoms with Crippen molar-refractivity contribution < 1.29 is 19.4 Å². The zero-order valence-corrected chi connectivity index (χ0v) is 15.7. The SMILES string of the molecule is COCCN1C(=O)C(=O)/C(=C(/O)c2cc(C)ccc2C)C1c1ccccc1. The fraction of sp³-hybridized carbons (Fsp3) is 0.273. The number of hydrogen-bond acceptors (Lipinski definition) is 4. The Morgan fingerprint density at radius 3 is 2.48 bits per heavy atom. The van der Waals surface area contributed by atoms with Crippen LogP contribution in [0.5, 0.6) is 0 Å². The van der Waals surface area contributed by atoms with Crippen LogP contribution in [-0.2, 0) is 14.3 Å². The number of ether oxygens (including phenoxy) is 1. The first kappa shape index (κ1) is 18.9. The number of amides is 1. The van der Waals surface area contributed by atoms with Crippen LogP contribution in [0.3, 0.4) is 0 Å². The molecule has 1 atom stereocenters. The third kappa shape index (κ3) is 3.51. The van der Waals surface area contributed by atoms with Gasteiger partial charge in [-0.05, 0) is 31.0 Å². The van der Waals surface area contributed by atoms with Crippen LogP contribution < -0.4 is 0 Å². The van der Waals surface area contributed by atoms with Gasteiger partial charge in [0.1, 0.15) is 5.76 Å². The molecule has 27 heavy (non-hydrogen) atoms. The number of carbonyl (C=O) groups excluding carboxylic acids is 2. The van der Waals surface area contributed by atoms with E-state index < -0.39 is 17.7 Å². The Balaban J connectivity index is 2.20.